The average molecular weight is 276 g/mol. The van der Waals surface area contributed by atoms with Gasteiger partial charge in [0.05, 0.1) is 0 Å². The highest BCUT2D eigenvalue weighted by atomic mass is 19.4. The van der Waals surface area contributed by atoms with E-state index in [9.17, 15) is 26.3 Å². The van der Waals surface area contributed by atoms with Crippen LogP contribution in [0.2, 0.25) is 0 Å². The van der Waals surface area contributed by atoms with E-state index in [2.05, 4.69) is 9.47 Å². The van der Waals surface area contributed by atoms with E-state index in [4.69, 9.17) is 5.11 Å². The van der Waals surface area contributed by atoms with Crippen molar-refractivity contribution in [3.8, 4) is 11.5 Å². The first-order chi connectivity index (χ1) is 8.10. The molecule has 0 amide bonds. The first kappa shape index (κ1) is 14.4. The minimum Gasteiger partial charge on any atom is -0.508 e. The van der Waals surface area contributed by atoms with Crippen LogP contribution in [-0.4, -0.2) is 23.9 Å². The predicted molar refractivity (Wildman–Crippen MR) is 45.7 cm³/mol. The molecule has 0 saturated carbocycles. The van der Waals surface area contributed by atoms with Crippen molar-refractivity contribution in [2.75, 3.05) is 0 Å². The van der Waals surface area contributed by atoms with Crippen molar-refractivity contribution >= 4 is 0 Å². The lowest BCUT2D eigenvalue weighted by Crippen LogP contribution is -2.41. The lowest BCUT2D eigenvalue weighted by molar-refractivity contribution is -0.411. The summed E-state index contributed by atoms with van der Waals surface area (Å²) < 4.78 is 79.1. The molecule has 1 aromatic carbocycles. The van der Waals surface area contributed by atoms with Crippen LogP contribution >= 0.6 is 0 Å². The molecule has 0 saturated heterocycles. The van der Waals surface area contributed by atoms with Gasteiger partial charge in [0, 0.05) is 0 Å². The zero-order chi connectivity index (χ0) is 14.0. The summed E-state index contributed by atoms with van der Waals surface area (Å²) in [5.41, 5.74) is 0. The van der Waals surface area contributed by atoms with Gasteiger partial charge in [-0.25, -0.2) is 9.13 Å². The highest BCUT2D eigenvalue weighted by Crippen LogP contribution is 2.32. The Balaban J connectivity index is 2.71. The largest absolute Gasteiger partial charge is 0.525 e. The van der Waals surface area contributed by atoms with E-state index >= 15 is 0 Å². The Labute approximate surface area is 96.5 Å². The number of aromatic hydroxyl groups is 1. The van der Waals surface area contributed by atoms with Gasteiger partial charge < -0.3 is 9.84 Å². The Morgan fingerprint density at radius 3 is 1.94 bits per heavy atom. The minimum absolute atomic E-state index is 0.283. The number of phenols is 1. The molecule has 3 nitrogen and oxygen atoms in total. The van der Waals surface area contributed by atoms with Crippen LogP contribution in [0.15, 0.2) is 24.3 Å². The molecule has 0 aliphatic rings. The van der Waals surface area contributed by atoms with Crippen molar-refractivity contribution in [1.82, 2.24) is 0 Å². The van der Waals surface area contributed by atoms with Crippen molar-refractivity contribution in [3.63, 3.8) is 0 Å². The monoisotopic (exact) mass is 276 g/mol. The number of phenolic OH excluding ortho intramolecular Hbond substituents is 1. The summed E-state index contributed by atoms with van der Waals surface area (Å²) in [7, 11) is 0. The Bertz CT molecular complexity index is 388. The molecule has 1 rings (SSSR count). The molecular weight excluding hydrogens is 270 g/mol. The Kier molecular flexibility index (Phi) is 3.95. The van der Waals surface area contributed by atoms with Crippen molar-refractivity contribution in [1.29, 1.82) is 0 Å². The number of hydrogen-bond donors (Lipinski definition) is 1. The van der Waals surface area contributed by atoms with E-state index < -0.39 is 24.6 Å². The molecule has 9 heteroatoms. The van der Waals surface area contributed by atoms with Crippen molar-refractivity contribution < 1.29 is 40.9 Å². The smallest absolute Gasteiger partial charge is 0.508 e. The van der Waals surface area contributed by atoms with Gasteiger partial charge >= 0.3 is 18.8 Å². The summed E-state index contributed by atoms with van der Waals surface area (Å²) in [6.45, 7) is 0. The quantitative estimate of drug-likeness (QED) is 0.858. The summed E-state index contributed by atoms with van der Waals surface area (Å²) in [6, 6.07) is 3.51. The molecule has 0 bridgehead atoms. The first-order valence-electron chi connectivity index (χ1n) is 4.34. The minimum atomic E-state index is -5.55. The van der Waals surface area contributed by atoms with Gasteiger partial charge in [-0.1, -0.05) is 0 Å². The molecule has 0 fully saturated rings. The zero-order valence-corrected chi connectivity index (χ0v) is 8.42. The molecule has 1 unspecified atom stereocenters. The number of rotatable bonds is 4. The number of benzene rings is 1. The van der Waals surface area contributed by atoms with Gasteiger partial charge in [-0.15, -0.1) is 13.2 Å². The van der Waals surface area contributed by atoms with E-state index in [-0.39, 0.29) is 5.75 Å². The summed E-state index contributed by atoms with van der Waals surface area (Å²) >= 11 is 0. The van der Waals surface area contributed by atoms with Gasteiger partial charge in [0.2, 0.25) is 0 Å². The van der Waals surface area contributed by atoms with E-state index in [0.717, 1.165) is 24.3 Å². The van der Waals surface area contributed by atoms with E-state index in [0.29, 0.717) is 0 Å². The van der Waals surface area contributed by atoms with Gasteiger partial charge in [-0.2, -0.15) is 8.78 Å². The summed E-state index contributed by atoms with van der Waals surface area (Å²) in [4.78, 5) is 0. The SMILES string of the molecule is Oc1ccc(OC(F)(F)C(F)OC(F)(F)F)cc1. The fourth-order valence-electron chi connectivity index (χ4n) is 0.904. The fourth-order valence-corrected chi connectivity index (χ4v) is 0.904. The van der Waals surface area contributed by atoms with Gasteiger partial charge in [0.1, 0.15) is 11.5 Å². The van der Waals surface area contributed by atoms with Crippen LogP contribution in [0, 0.1) is 0 Å². The number of alkyl halides is 6. The number of hydrogen-bond acceptors (Lipinski definition) is 3. The van der Waals surface area contributed by atoms with E-state index in [1.54, 1.807) is 0 Å². The van der Waals surface area contributed by atoms with Crippen LogP contribution in [0.4, 0.5) is 26.3 Å². The molecule has 0 aromatic heterocycles. The fraction of sp³-hybridized carbons (Fsp3) is 0.333. The highest BCUT2D eigenvalue weighted by Gasteiger charge is 2.50. The third kappa shape index (κ3) is 4.32. The Morgan fingerprint density at radius 1 is 1.00 bits per heavy atom. The zero-order valence-electron chi connectivity index (χ0n) is 8.42. The maximum absolute atomic E-state index is 12.8. The molecule has 0 radical (unpaired) electrons. The van der Waals surface area contributed by atoms with Crippen LogP contribution in [0.25, 0.3) is 0 Å². The predicted octanol–water partition coefficient (Wildman–Crippen LogP) is 3.20. The lowest BCUT2D eigenvalue weighted by atomic mass is 10.3. The van der Waals surface area contributed by atoms with Gasteiger partial charge in [0.25, 0.3) is 0 Å². The van der Waals surface area contributed by atoms with Crippen molar-refractivity contribution in [3.05, 3.63) is 24.3 Å². The molecular formula is C9H6F6O3. The highest BCUT2D eigenvalue weighted by molar-refractivity contribution is 5.30. The standard InChI is InChI=1S/C9H6F6O3/c10-7(18-9(13,14)15)8(11,12)17-6-3-1-5(16)2-4-6/h1-4,7,16H. The second kappa shape index (κ2) is 4.92. The van der Waals surface area contributed by atoms with E-state index in [1.165, 1.54) is 0 Å². The molecule has 1 aromatic rings. The molecule has 0 spiro atoms. The van der Waals surface area contributed by atoms with Crippen LogP contribution in [-0.2, 0) is 4.74 Å². The lowest BCUT2D eigenvalue weighted by Gasteiger charge is -2.22. The molecule has 0 aliphatic carbocycles. The summed E-state index contributed by atoms with van der Waals surface area (Å²) in [5, 5.41) is 8.83. The van der Waals surface area contributed by atoms with Gasteiger partial charge in [-0.05, 0) is 24.3 Å². The normalized spacial score (nSPS) is 14.3. The number of halogens is 6. The van der Waals surface area contributed by atoms with Crippen LogP contribution in [0.5, 0.6) is 11.5 Å². The third-order valence-corrected chi connectivity index (χ3v) is 1.59. The van der Waals surface area contributed by atoms with Crippen LogP contribution in [0.3, 0.4) is 0 Å². The van der Waals surface area contributed by atoms with Crippen molar-refractivity contribution in [2.24, 2.45) is 0 Å². The third-order valence-electron chi connectivity index (χ3n) is 1.59. The molecule has 102 valence electrons. The van der Waals surface area contributed by atoms with Crippen molar-refractivity contribution in [2.45, 2.75) is 18.8 Å². The molecule has 1 atom stereocenters. The second-order valence-electron chi connectivity index (χ2n) is 3.04. The van der Waals surface area contributed by atoms with E-state index in [1.807, 2.05) is 0 Å². The Hall–Kier alpha value is -1.64. The molecule has 18 heavy (non-hydrogen) atoms. The molecule has 0 heterocycles. The van der Waals surface area contributed by atoms with Crippen LogP contribution < -0.4 is 4.74 Å². The maximum Gasteiger partial charge on any atom is 0.525 e. The summed E-state index contributed by atoms with van der Waals surface area (Å²) in [6.07, 6.45) is -14.4. The van der Waals surface area contributed by atoms with Gasteiger partial charge in [0.15, 0.2) is 0 Å². The summed E-state index contributed by atoms with van der Waals surface area (Å²) in [5.74, 6) is -0.916. The topological polar surface area (TPSA) is 38.7 Å². The molecule has 1 N–H and O–H groups in total. The average Bonchev–Trinajstić information content (AvgIpc) is 2.18. The van der Waals surface area contributed by atoms with Crippen LogP contribution in [0.1, 0.15) is 0 Å². The molecule has 0 aliphatic heterocycles. The first-order valence-corrected chi connectivity index (χ1v) is 4.34. The van der Waals surface area contributed by atoms with Gasteiger partial charge in [-0.3, -0.25) is 0 Å². The second-order valence-corrected chi connectivity index (χ2v) is 3.04. The Morgan fingerprint density at radius 2 is 1.50 bits per heavy atom. The number of ether oxygens (including phenoxy) is 2. The maximum atomic E-state index is 12.8.